The second kappa shape index (κ2) is 6.11. The molecule has 0 spiro atoms. The average molecular weight is 324 g/mol. The average Bonchev–Trinajstić information content (AvgIpc) is 2.97. The van der Waals surface area contributed by atoms with Crippen molar-refractivity contribution in [1.82, 2.24) is 0 Å². The first-order valence-electron chi connectivity index (χ1n) is 7.91. The minimum atomic E-state index is -0.689. The molecule has 0 radical (unpaired) electrons. The molecule has 0 bridgehead atoms. The number of carbonyl (C=O) groups excluding carboxylic acids is 2. The molecule has 2 aromatic carbocycles. The van der Waals surface area contributed by atoms with Crippen LogP contribution in [0.4, 0.5) is 0 Å². The van der Waals surface area contributed by atoms with Gasteiger partial charge >= 0.3 is 5.97 Å². The summed E-state index contributed by atoms with van der Waals surface area (Å²) >= 11 is 0. The first-order chi connectivity index (χ1) is 11.5. The minimum Gasteiger partial charge on any atom is -0.496 e. The lowest BCUT2D eigenvalue weighted by molar-refractivity contribution is -0.146. The predicted molar refractivity (Wildman–Crippen MR) is 90.6 cm³/mol. The number of rotatable bonds is 4. The normalized spacial score (nSPS) is 18.8. The molecule has 3 rings (SSSR count). The zero-order valence-electron chi connectivity index (χ0n) is 14.1. The summed E-state index contributed by atoms with van der Waals surface area (Å²) in [6.07, 6.45) is 1.40. The van der Waals surface area contributed by atoms with Gasteiger partial charge in [0.1, 0.15) is 5.75 Å². The van der Waals surface area contributed by atoms with Gasteiger partial charge in [-0.2, -0.15) is 0 Å². The van der Waals surface area contributed by atoms with Crippen LogP contribution in [0.15, 0.2) is 42.5 Å². The van der Waals surface area contributed by atoms with Crippen molar-refractivity contribution in [1.29, 1.82) is 0 Å². The highest BCUT2D eigenvalue weighted by Crippen LogP contribution is 2.42. The van der Waals surface area contributed by atoms with E-state index in [1.165, 1.54) is 14.2 Å². The highest BCUT2D eigenvalue weighted by atomic mass is 16.5. The molecule has 0 saturated carbocycles. The molecular formula is C20H20O4. The quantitative estimate of drug-likeness (QED) is 0.639. The summed E-state index contributed by atoms with van der Waals surface area (Å²) in [6.45, 7) is 1.88. The van der Waals surface area contributed by atoms with Gasteiger partial charge in [-0.1, -0.05) is 30.3 Å². The number of esters is 1. The highest BCUT2D eigenvalue weighted by molar-refractivity contribution is 6.11. The van der Waals surface area contributed by atoms with Crippen molar-refractivity contribution in [3.8, 4) is 5.75 Å². The molecule has 2 aromatic rings. The van der Waals surface area contributed by atoms with Crippen LogP contribution in [-0.2, 0) is 21.4 Å². The van der Waals surface area contributed by atoms with Crippen LogP contribution >= 0.6 is 0 Å². The maximum absolute atomic E-state index is 12.8. The summed E-state index contributed by atoms with van der Waals surface area (Å²) in [4.78, 5) is 25.0. The Balaban J connectivity index is 2.09. The zero-order chi connectivity index (χ0) is 17.3. The second-order valence-corrected chi connectivity index (χ2v) is 6.23. The third-order valence-electron chi connectivity index (χ3n) is 4.83. The van der Waals surface area contributed by atoms with Gasteiger partial charge in [-0.05, 0) is 43.0 Å². The Morgan fingerprint density at radius 3 is 2.42 bits per heavy atom. The molecule has 4 nitrogen and oxygen atoms in total. The fraction of sp³-hybridized carbons (Fsp3) is 0.300. The van der Waals surface area contributed by atoms with Crippen molar-refractivity contribution < 1.29 is 19.1 Å². The van der Waals surface area contributed by atoms with Crippen molar-refractivity contribution in [3.63, 3.8) is 0 Å². The largest absolute Gasteiger partial charge is 0.496 e. The number of benzene rings is 2. The van der Waals surface area contributed by atoms with Crippen LogP contribution in [0.3, 0.4) is 0 Å². The van der Waals surface area contributed by atoms with Crippen molar-refractivity contribution in [3.05, 3.63) is 64.7 Å². The lowest BCUT2D eigenvalue weighted by atomic mass is 9.83. The van der Waals surface area contributed by atoms with E-state index in [9.17, 15) is 9.59 Å². The van der Waals surface area contributed by atoms with E-state index in [-0.39, 0.29) is 11.8 Å². The van der Waals surface area contributed by atoms with E-state index in [1.54, 1.807) is 12.1 Å². The molecule has 1 aliphatic rings. The van der Waals surface area contributed by atoms with Gasteiger partial charge in [0.25, 0.3) is 0 Å². The van der Waals surface area contributed by atoms with Gasteiger partial charge in [-0.3, -0.25) is 9.59 Å². The number of aryl methyl sites for hydroxylation is 1. The van der Waals surface area contributed by atoms with Crippen LogP contribution in [0.1, 0.15) is 40.4 Å². The van der Waals surface area contributed by atoms with E-state index in [0.717, 1.165) is 17.5 Å². The monoisotopic (exact) mass is 324 g/mol. The number of hydrogen-bond donors (Lipinski definition) is 0. The van der Waals surface area contributed by atoms with Crippen LogP contribution < -0.4 is 4.74 Å². The molecule has 1 aliphatic carbocycles. The van der Waals surface area contributed by atoms with Gasteiger partial charge in [-0.15, -0.1) is 0 Å². The molecule has 24 heavy (non-hydrogen) atoms. The van der Waals surface area contributed by atoms with E-state index >= 15 is 0 Å². The third kappa shape index (κ3) is 2.48. The molecule has 0 heterocycles. The van der Waals surface area contributed by atoms with Crippen molar-refractivity contribution in [2.75, 3.05) is 14.2 Å². The smallest absolute Gasteiger partial charge is 0.316 e. The minimum absolute atomic E-state index is 0.0816. The number of methoxy groups -OCH3 is 2. The van der Waals surface area contributed by atoms with E-state index in [1.807, 2.05) is 37.3 Å². The van der Waals surface area contributed by atoms with Crippen molar-refractivity contribution in [2.24, 2.45) is 0 Å². The van der Waals surface area contributed by atoms with Gasteiger partial charge in [0.05, 0.1) is 25.2 Å². The van der Waals surface area contributed by atoms with Crippen molar-refractivity contribution >= 4 is 11.8 Å². The standard InChI is InChI=1S/C20H20O4/c1-20(19(22)24-3)10-9-14-11-15(17(23-2)12-16(14)20)18(21)13-7-5-4-6-8-13/h4-8,11-12H,9-10H2,1-3H3. The Hall–Kier alpha value is -2.62. The summed E-state index contributed by atoms with van der Waals surface area (Å²) in [5.41, 5.74) is 2.34. The zero-order valence-corrected chi connectivity index (χ0v) is 14.1. The van der Waals surface area contributed by atoms with Crippen LogP contribution in [0.25, 0.3) is 0 Å². The number of hydrogen-bond acceptors (Lipinski definition) is 4. The second-order valence-electron chi connectivity index (χ2n) is 6.23. The molecule has 0 aromatic heterocycles. The van der Waals surface area contributed by atoms with Gasteiger partial charge < -0.3 is 9.47 Å². The number of fused-ring (bicyclic) bond motifs is 1. The van der Waals surface area contributed by atoms with Gasteiger partial charge in [0.2, 0.25) is 0 Å². The van der Waals surface area contributed by atoms with Crippen molar-refractivity contribution in [2.45, 2.75) is 25.2 Å². The molecule has 124 valence electrons. The fourth-order valence-corrected chi connectivity index (χ4v) is 3.39. The first kappa shape index (κ1) is 16.2. The van der Waals surface area contributed by atoms with Gasteiger partial charge in [0.15, 0.2) is 5.78 Å². The molecule has 0 aliphatic heterocycles. The van der Waals surface area contributed by atoms with E-state index in [2.05, 4.69) is 0 Å². The molecule has 0 fully saturated rings. The highest BCUT2D eigenvalue weighted by Gasteiger charge is 2.43. The molecule has 0 N–H and O–H groups in total. The lowest BCUT2D eigenvalue weighted by Crippen LogP contribution is -2.31. The van der Waals surface area contributed by atoms with Crippen LogP contribution in [-0.4, -0.2) is 26.0 Å². The summed E-state index contributed by atoms with van der Waals surface area (Å²) < 4.78 is 10.4. The van der Waals surface area contributed by atoms with Gasteiger partial charge in [0, 0.05) is 5.56 Å². The molecule has 1 unspecified atom stereocenters. The maximum atomic E-state index is 12.8. The lowest BCUT2D eigenvalue weighted by Gasteiger charge is -2.23. The molecule has 0 amide bonds. The number of ether oxygens (including phenoxy) is 2. The molecule has 4 heteroatoms. The Morgan fingerprint density at radius 1 is 1.08 bits per heavy atom. The number of ketones is 1. The molecular weight excluding hydrogens is 304 g/mol. The predicted octanol–water partition coefficient (Wildman–Crippen LogP) is 3.30. The van der Waals surface area contributed by atoms with E-state index in [4.69, 9.17) is 9.47 Å². The summed E-state index contributed by atoms with van der Waals surface area (Å²) in [5.74, 6) is 0.145. The summed E-state index contributed by atoms with van der Waals surface area (Å²) in [5, 5.41) is 0. The summed E-state index contributed by atoms with van der Waals surface area (Å²) in [6, 6.07) is 12.8. The first-order valence-corrected chi connectivity index (χ1v) is 7.91. The van der Waals surface area contributed by atoms with Crippen LogP contribution in [0.2, 0.25) is 0 Å². The summed E-state index contributed by atoms with van der Waals surface area (Å²) in [7, 11) is 2.93. The molecule has 0 saturated heterocycles. The Labute approximate surface area is 141 Å². The fourth-order valence-electron chi connectivity index (χ4n) is 3.39. The Bertz CT molecular complexity index is 795. The van der Waals surface area contributed by atoms with E-state index < -0.39 is 5.41 Å². The number of carbonyl (C=O) groups is 2. The third-order valence-corrected chi connectivity index (χ3v) is 4.83. The maximum Gasteiger partial charge on any atom is 0.316 e. The topological polar surface area (TPSA) is 52.6 Å². The van der Waals surface area contributed by atoms with Crippen LogP contribution in [0.5, 0.6) is 5.75 Å². The SMILES string of the molecule is COC(=O)C1(C)CCc2cc(C(=O)c3ccccc3)c(OC)cc21. The van der Waals surface area contributed by atoms with E-state index in [0.29, 0.717) is 23.3 Å². The Kier molecular flexibility index (Phi) is 4.14. The Morgan fingerprint density at radius 2 is 1.79 bits per heavy atom. The molecule has 1 atom stereocenters. The van der Waals surface area contributed by atoms with Gasteiger partial charge in [-0.25, -0.2) is 0 Å². The van der Waals surface area contributed by atoms with Crippen LogP contribution in [0, 0.1) is 0 Å².